The van der Waals surface area contributed by atoms with Crippen LogP contribution in [0.5, 0.6) is 0 Å². The third-order valence-electron chi connectivity index (χ3n) is 15.5. The molecule has 77 heavy (non-hydrogen) atoms. The molecule has 0 radical (unpaired) electrons. The van der Waals surface area contributed by atoms with Gasteiger partial charge in [-0.05, 0) is 104 Å². The Morgan fingerprint density at radius 3 is 2.10 bits per heavy atom. The van der Waals surface area contributed by atoms with Gasteiger partial charge in [-0.1, -0.05) is 97.9 Å². The van der Waals surface area contributed by atoms with Gasteiger partial charge in [-0.15, -0.1) is 0 Å². The minimum Gasteiger partial charge on any atom is -0.462 e. The van der Waals surface area contributed by atoms with Gasteiger partial charge in [-0.2, -0.15) is 0 Å². The van der Waals surface area contributed by atoms with Crippen molar-refractivity contribution in [2.45, 2.75) is 182 Å². The fraction of sp³-hybridized carbons (Fsp3) is 0.750. The monoisotopic (exact) mass is 1090 g/mol. The number of ether oxygens (including phenoxy) is 7. The summed E-state index contributed by atoms with van der Waals surface area (Å²) in [5.41, 5.74) is 1.10. The van der Waals surface area contributed by atoms with Gasteiger partial charge in [0, 0.05) is 83.6 Å². The molecule has 1 aliphatic rings. The number of esters is 4. The molecule has 18 atom stereocenters. The second kappa shape index (κ2) is 36.8. The maximum absolute atomic E-state index is 13.8. The highest BCUT2D eigenvalue weighted by Gasteiger charge is 2.38. The van der Waals surface area contributed by atoms with E-state index in [0.717, 1.165) is 12.0 Å². The van der Waals surface area contributed by atoms with Gasteiger partial charge in [0.05, 0.1) is 31.0 Å². The molecule has 2 N–H and O–H groups in total. The van der Waals surface area contributed by atoms with E-state index in [-0.39, 0.29) is 54.8 Å². The predicted molar refractivity (Wildman–Crippen MR) is 301 cm³/mol. The van der Waals surface area contributed by atoms with Gasteiger partial charge in [0.25, 0.3) is 0 Å². The van der Waals surface area contributed by atoms with Gasteiger partial charge in [-0.3, -0.25) is 29.0 Å². The minimum atomic E-state index is -0.989. The highest BCUT2D eigenvalue weighted by molar-refractivity contribution is 5.82. The van der Waals surface area contributed by atoms with Crippen molar-refractivity contribution < 1.29 is 67.3 Å². The molecule has 0 saturated carbocycles. The lowest BCUT2D eigenvalue weighted by Crippen LogP contribution is -2.44. The van der Waals surface area contributed by atoms with Crippen molar-refractivity contribution in [1.82, 2.24) is 14.7 Å². The van der Waals surface area contributed by atoms with Crippen LogP contribution >= 0.6 is 0 Å². The number of nitrogens with zero attached hydrogens (tertiary/aromatic N) is 3. The SMILES string of the molecule is COC[C@@H](C(=O)OC1C/C=C/C=C/C(=O)O[C@H]([C@@H](C)[C@@H](O)[C@@H](C)CC[C@@H](OC(=O)[C@H](C)N(C)C)[C@H](C)[C@H](OC(C)=O)[C@H](C)/C=C/N(C)C=O)C(C)/C=C/[C@H](OC)C[C@H](C)C/C=C(\C)[C@@H](OC)CC[C@@H](C)[C@@H](O)[C@@H]1C)N(C)C. The van der Waals surface area contributed by atoms with E-state index in [9.17, 15) is 34.2 Å². The van der Waals surface area contributed by atoms with E-state index < -0.39 is 90.3 Å². The van der Waals surface area contributed by atoms with E-state index in [0.29, 0.717) is 38.5 Å². The zero-order valence-corrected chi connectivity index (χ0v) is 50.5. The van der Waals surface area contributed by atoms with Crippen molar-refractivity contribution in [1.29, 1.82) is 0 Å². The highest BCUT2D eigenvalue weighted by atomic mass is 16.6. The molecule has 0 spiro atoms. The predicted octanol–water partition coefficient (Wildman–Crippen LogP) is 7.98. The molecule has 442 valence electrons. The molecule has 17 nitrogen and oxygen atoms in total. The number of carbonyl (C=O) groups excluding carboxylic acids is 5. The molecule has 0 saturated heterocycles. The van der Waals surface area contributed by atoms with Gasteiger partial charge >= 0.3 is 23.9 Å². The van der Waals surface area contributed by atoms with Crippen LogP contribution in [-0.4, -0.2) is 179 Å². The lowest BCUT2D eigenvalue weighted by molar-refractivity contribution is -0.166. The van der Waals surface area contributed by atoms with Gasteiger partial charge in [0.2, 0.25) is 6.41 Å². The van der Waals surface area contributed by atoms with Crippen LogP contribution in [-0.2, 0) is 57.1 Å². The highest BCUT2D eigenvalue weighted by Crippen LogP contribution is 2.33. The Morgan fingerprint density at radius 1 is 0.870 bits per heavy atom. The Labute approximate surface area is 463 Å². The van der Waals surface area contributed by atoms with Crippen molar-refractivity contribution in [3.63, 3.8) is 0 Å². The average Bonchev–Trinajstić information content (AvgIpc) is 3.39. The van der Waals surface area contributed by atoms with E-state index in [1.165, 1.54) is 25.0 Å². The molecule has 0 fully saturated rings. The second-order valence-electron chi connectivity index (χ2n) is 22.4. The quantitative estimate of drug-likeness (QED) is 0.0431. The summed E-state index contributed by atoms with van der Waals surface area (Å²) in [6.07, 6.45) is 15.2. The van der Waals surface area contributed by atoms with Crippen LogP contribution in [0.4, 0.5) is 0 Å². The molecule has 17 heteroatoms. The summed E-state index contributed by atoms with van der Waals surface area (Å²) in [5, 5.41) is 23.9. The number of aliphatic hydroxyl groups excluding tert-OH is 2. The molecule has 1 rings (SSSR count). The fourth-order valence-electron chi connectivity index (χ4n) is 9.71. The Balaban J connectivity index is 3.77. The Bertz CT molecular complexity index is 1900. The maximum Gasteiger partial charge on any atom is 0.331 e. The Hall–Kier alpha value is -4.23. The van der Waals surface area contributed by atoms with E-state index >= 15 is 0 Å². The number of aliphatic hydroxyl groups is 2. The van der Waals surface area contributed by atoms with Crippen molar-refractivity contribution in [3.8, 4) is 0 Å². The van der Waals surface area contributed by atoms with Crippen LogP contribution in [0, 0.1) is 47.3 Å². The van der Waals surface area contributed by atoms with Crippen molar-refractivity contribution in [3.05, 3.63) is 60.4 Å². The number of cyclic esters (lactones) is 1. The van der Waals surface area contributed by atoms with Crippen molar-refractivity contribution >= 4 is 30.3 Å². The van der Waals surface area contributed by atoms with Crippen LogP contribution in [0.1, 0.15) is 121 Å². The molecular weight excluding hydrogens is 987 g/mol. The second-order valence-corrected chi connectivity index (χ2v) is 22.4. The number of allylic oxidation sites excluding steroid dienone is 3. The minimum absolute atomic E-state index is 0.127. The number of hydrogen-bond donors (Lipinski definition) is 2. The smallest absolute Gasteiger partial charge is 0.331 e. The van der Waals surface area contributed by atoms with E-state index in [1.807, 2.05) is 60.6 Å². The van der Waals surface area contributed by atoms with Crippen LogP contribution in [0.15, 0.2) is 60.4 Å². The first-order chi connectivity index (χ1) is 36.1. The number of carbonyl (C=O) groups is 5. The van der Waals surface area contributed by atoms with Gasteiger partial charge in [-0.25, -0.2) is 4.79 Å². The lowest BCUT2D eigenvalue weighted by Gasteiger charge is -2.36. The first kappa shape index (κ1) is 70.8. The fourth-order valence-corrected chi connectivity index (χ4v) is 9.71. The number of rotatable bonds is 23. The van der Waals surface area contributed by atoms with Crippen LogP contribution in [0.25, 0.3) is 0 Å². The third kappa shape index (κ3) is 25.2. The van der Waals surface area contributed by atoms with E-state index in [2.05, 4.69) is 19.9 Å². The summed E-state index contributed by atoms with van der Waals surface area (Å²) in [6, 6.07) is -1.23. The number of amides is 1. The molecule has 1 heterocycles. The summed E-state index contributed by atoms with van der Waals surface area (Å²) < 4.78 is 41.7. The summed E-state index contributed by atoms with van der Waals surface area (Å²) in [4.78, 5) is 69.5. The molecule has 0 aromatic heterocycles. The van der Waals surface area contributed by atoms with Crippen LogP contribution < -0.4 is 0 Å². The number of methoxy groups -OCH3 is 3. The van der Waals surface area contributed by atoms with E-state index in [4.69, 9.17) is 33.2 Å². The lowest BCUT2D eigenvalue weighted by atomic mass is 9.80. The first-order valence-electron chi connectivity index (χ1n) is 27.7. The zero-order valence-electron chi connectivity index (χ0n) is 50.5. The molecule has 0 aromatic carbocycles. The molecule has 1 aliphatic heterocycles. The number of likely N-dealkylation sites (N-methyl/N-ethyl adjacent to an activating group) is 2. The van der Waals surface area contributed by atoms with E-state index in [1.54, 1.807) is 96.7 Å². The normalized spacial score (nSPS) is 29.4. The first-order valence-corrected chi connectivity index (χ1v) is 27.7. The van der Waals surface area contributed by atoms with Crippen molar-refractivity contribution in [2.75, 3.05) is 63.2 Å². The topological polar surface area (TPSA) is 200 Å². The van der Waals surface area contributed by atoms with Crippen LogP contribution in [0.2, 0.25) is 0 Å². The molecule has 1 amide bonds. The molecule has 0 bridgehead atoms. The molecule has 0 aliphatic carbocycles. The van der Waals surface area contributed by atoms with Gasteiger partial charge in [0.15, 0.2) is 0 Å². The summed E-state index contributed by atoms with van der Waals surface area (Å²) >= 11 is 0. The molecule has 0 aromatic rings. The molecule has 2 unspecified atom stereocenters. The third-order valence-corrected chi connectivity index (χ3v) is 15.5. The summed E-state index contributed by atoms with van der Waals surface area (Å²) in [7, 11) is 13.6. The van der Waals surface area contributed by atoms with Gasteiger partial charge in [0.1, 0.15) is 36.5 Å². The van der Waals surface area contributed by atoms with Crippen LogP contribution in [0.3, 0.4) is 0 Å². The number of hydrogen-bond acceptors (Lipinski definition) is 16. The zero-order chi connectivity index (χ0) is 58.7. The summed E-state index contributed by atoms with van der Waals surface area (Å²) in [5.74, 6) is -4.65. The Morgan fingerprint density at radius 2 is 1.53 bits per heavy atom. The largest absolute Gasteiger partial charge is 0.462 e. The summed E-state index contributed by atoms with van der Waals surface area (Å²) in [6.45, 7) is 20.7. The van der Waals surface area contributed by atoms with Gasteiger partial charge < -0.3 is 48.3 Å². The molecular formula is C60H103N3O14. The standard InChI is InChI=1S/C60H103N3O14/c1-38-25-26-39(2)51(73-19)31-28-40(3)55(67)44(7)52(76-60(70)50(36-71-17)62(14)15)23-21-20-22-24-54(66)77-58(42(5)27-30-49(35-38)72-18)46(9)56(68)41(4)29-32-53(75-59(69)47(10)61(12)13)45(8)57(74-48(11)65)43(6)33-34-63(16)37-64/h20-22,24,26-27,30,33-34,37-38,40-47,49-53,55-58,67-68H,23,25,28-29,31-32,35-36H2,1-19H3/b21-20+,24-22+,30-27+,34-33+,39-26+/t38-,40-,41+,42?,43-,44-,45+,46+,47+,49+,50+,51+,52?,53-,55-,56+,57-,58+/m1/s1. The average molecular weight is 1090 g/mol. The Kier molecular flexibility index (Phi) is 33.9. The van der Waals surface area contributed by atoms with Crippen molar-refractivity contribution in [2.24, 2.45) is 47.3 Å². The maximum atomic E-state index is 13.8.